The van der Waals surface area contributed by atoms with Gasteiger partial charge in [0.1, 0.15) is 0 Å². The zero-order chi connectivity index (χ0) is 11.9. The van der Waals surface area contributed by atoms with Gasteiger partial charge in [-0.3, -0.25) is 0 Å². The van der Waals surface area contributed by atoms with E-state index >= 15 is 0 Å². The molecule has 16 heavy (non-hydrogen) atoms. The Kier molecular flexibility index (Phi) is 14.1. The summed E-state index contributed by atoms with van der Waals surface area (Å²) in [7, 11) is 1.64. The summed E-state index contributed by atoms with van der Waals surface area (Å²) in [4.78, 5) is 0. The molecule has 0 aliphatic rings. The average Bonchev–Trinajstić information content (AvgIpc) is 2.31. The van der Waals surface area contributed by atoms with Gasteiger partial charge in [-0.15, -0.1) is 0 Å². The molecule has 5 heteroatoms. The first-order chi connectivity index (χ1) is 7.91. The van der Waals surface area contributed by atoms with Crippen molar-refractivity contribution in [1.82, 2.24) is 0 Å². The summed E-state index contributed by atoms with van der Waals surface area (Å²) in [6, 6.07) is 0. The second kappa shape index (κ2) is 14.5. The fraction of sp³-hybridized carbons (Fsp3) is 0.818. The first kappa shape index (κ1) is 15.5. The summed E-state index contributed by atoms with van der Waals surface area (Å²) >= 11 is 0. The van der Waals surface area contributed by atoms with Gasteiger partial charge in [0.05, 0.1) is 52.9 Å². The maximum absolute atomic E-state index is 8.44. The lowest BCUT2D eigenvalue weighted by Crippen LogP contribution is -2.11. The van der Waals surface area contributed by atoms with Crippen molar-refractivity contribution in [3.63, 3.8) is 0 Å². The van der Waals surface area contributed by atoms with Crippen LogP contribution >= 0.6 is 0 Å². The number of ether oxygens (including phenoxy) is 4. The van der Waals surface area contributed by atoms with Crippen molar-refractivity contribution in [3.8, 4) is 0 Å². The van der Waals surface area contributed by atoms with E-state index in [9.17, 15) is 0 Å². The van der Waals surface area contributed by atoms with Crippen molar-refractivity contribution in [2.24, 2.45) is 0 Å². The lowest BCUT2D eigenvalue weighted by atomic mass is 10.5. The monoisotopic (exact) mass is 234 g/mol. The zero-order valence-corrected chi connectivity index (χ0v) is 9.89. The molecule has 0 saturated carbocycles. The molecule has 96 valence electrons. The lowest BCUT2D eigenvalue weighted by Gasteiger charge is -2.05. The fourth-order valence-corrected chi connectivity index (χ4v) is 0.876. The van der Waals surface area contributed by atoms with Crippen LogP contribution in [0.1, 0.15) is 0 Å². The highest BCUT2D eigenvalue weighted by Crippen LogP contribution is 1.82. The van der Waals surface area contributed by atoms with Crippen LogP contribution in [-0.2, 0) is 18.9 Å². The molecule has 0 heterocycles. The number of methoxy groups -OCH3 is 1. The van der Waals surface area contributed by atoms with Crippen molar-refractivity contribution in [2.45, 2.75) is 0 Å². The number of aliphatic hydroxyl groups excluding tert-OH is 1. The Morgan fingerprint density at radius 1 is 0.812 bits per heavy atom. The normalized spacial score (nSPS) is 11.4. The third-order valence-electron chi connectivity index (χ3n) is 1.66. The molecule has 0 rings (SSSR count). The van der Waals surface area contributed by atoms with Gasteiger partial charge >= 0.3 is 0 Å². The lowest BCUT2D eigenvalue weighted by molar-refractivity contribution is 0.00705. The second-order valence-corrected chi connectivity index (χ2v) is 2.95. The van der Waals surface area contributed by atoms with E-state index in [-0.39, 0.29) is 6.61 Å². The van der Waals surface area contributed by atoms with Gasteiger partial charge in [0.25, 0.3) is 0 Å². The highest BCUT2D eigenvalue weighted by atomic mass is 16.6. The van der Waals surface area contributed by atoms with E-state index in [2.05, 4.69) is 0 Å². The predicted molar refractivity (Wildman–Crippen MR) is 60.6 cm³/mol. The van der Waals surface area contributed by atoms with E-state index in [4.69, 9.17) is 24.1 Å². The third-order valence-corrected chi connectivity index (χ3v) is 1.66. The molecule has 0 aliphatic carbocycles. The van der Waals surface area contributed by atoms with Gasteiger partial charge in [0.2, 0.25) is 0 Å². The number of hydrogen-bond acceptors (Lipinski definition) is 5. The standard InChI is InChI=1S/C11H22O5/c1-13-6-7-15-10-11-16-9-8-14-5-3-2-4-12/h2-3,12H,4-11H2,1H3/b3-2-. The van der Waals surface area contributed by atoms with Gasteiger partial charge in [-0.25, -0.2) is 0 Å². The van der Waals surface area contributed by atoms with Crippen LogP contribution in [0.2, 0.25) is 0 Å². The van der Waals surface area contributed by atoms with E-state index in [0.717, 1.165) is 0 Å². The highest BCUT2D eigenvalue weighted by molar-refractivity contribution is 4.80. The SMILES string of the molecule is COCCOCCOCCOC/C=C\CO. The van der Waals surface area contributed by atoms with E-state index in [1.807, 2.05) is 0 Å². The highest BCUT2D eigenvalue weighted by Gasteiger charge is 1.90. The Morgan fingerprint density at radius 2 is 1.38 bits per heavy atom. The smallest absolute Gasteiger partial charge is 0.0704 e. The van der Waals surface area contributed by atoms with Gasteiger partial charge < -0.3 is 24.1 Å². The Bertz CT molecular complexity index is 149. The molecule has 0 aromatic carbocycles. The molecule has 0 radical (unpaired) electrons. The van der Waals surface area contributed by atoms with Gasteiger partial charge in [-0.1, -0.05) is 12.2 Å². The summed E-state index contributed by atoms with van der Waals surface area (Å²) in [6.07, 6.45) is 3.42. The molecule has 0 aromatic heterocycles. The summed E-state index contributed by atoms with van der Waals surface area (Å²) in [5, 5.41) is 8.44. The van der Waals surface area contributed by atoms with Crippen molar-refractivity contribution >= 4 is 0 Å². The summed E-state index contributed by atoms with van der Waals surface area (Å²) in [6.45, 7) is 4.03. The Labute approximate surface area is 96.9 Å². The molecule has 0 fully saturated rings. The van der Waals surface area contributed by atoms with Crippen molar-refractivity contribution in [2.75, 3.05) is 60.0 Å². The molecular weight excluding hydrogens is 212 g/mol. The summed E-state index contributed by atoms with van der Waals surface area (Å²) in [5.74, 6) is 0. The van der Waals surface area contributed by atoms with Gasteiger partial charge in [0.15, 0.2) is 0 Å². The first-order valence-corrected chi connectivity index (χ1v) is 5.40. The van der Waals surface area contributed by atoms with Crippen LogP contribution in [0.5, 0.6) is 0 Å². The molecule has 0 aliphatic heterocycles. The molecule has 0 aromatic rings. The fourth-order valence-electron chi connectivity index (χ4n) is 0.876. The number of hydrogen-bond donors (Lipinski definition) is 1. The van der Waals surface area contributed by atoms with Crippen LogP contribution < -0.4 is 0 Å². The minimum absolute atomic E-state index is 0.0542. The minimum atomic E-state index is 0.0542. The summed E-state index contributed by atoms with van der Waals surface area (Å²) in [5.41, 5.74) is 0. The van der Waals surface area contributed by atoms with Crippen LogP contribution in [-0.4, -0.2) is 65.1 Å². The maximum Gasteiger partial charge on any atom is 0.0704 e. The molecular formula is C11H22O5. The largest absolute Gasteiger partial charge is 0.392 e. The van der Waals surface area contributed by atoms with E-state index < -0.39 is 0 Å². The van der Waals surface area contributed by atoms with Gasteiger partial charge in [-0.2, -0.15) is 0 Å². The topological polar surface area (TPSA) is 57.2 Å². The molecule has 1 N–H and O–H groups in total. The Hall–Kier alpha value is -0.460. The quantitative estimate of drug-likeness (QED) is 0.387. The van der Waals surface area contributed by atoms with Crippen LogP contribution in [0.15, 0.2) is 12.2 Å². The molecule has 0 atom stereocenters. The maximum atomic E-state index is 8.44. The van der Waals surface area contributed by atoms with E-state index in [1.54, 1.807) is 19.3 Å². The van der Waals surface area contributed by atoms with Crippen molar-refractivity contribution < 1.29 is 24.1 Å². The Morgan fingerprint density at radius 3 is 1.94 bits per heavy atom. The summed E-state index contributed by atoms with van der Waals surface area (Å²) < 4.78 is 20.5. The van der Waals surface area contributed by atoms with Crippen LogP contribution in [0, 0.1) is 0 Å². The van der Waals surface area contributed by atoms with Gasteiger partial charge in [0, 0.05) is 7.11 Å². The molecule has 0 spiro atoms. The van der Waals surface area contributed by atoms with Crippen molar-refractivity contribution in [3.05, 3.63) is 12.2 Å². The zero-order valence-electron chi connectivity index (χ0n) is 9.89. The Balaban J connectivity index is 2.90. The molecule has 0 bridgehead atoms. The first-order valence-electron chi connectivity index (χ1n) is 5.40. The van der Waals surface area contributed by atoms with Crippen LogP contribution in [0.4, 0.5) is 0 Å². The molecule has 0 amide bonds. The van der Waals surface area contributed by atoms with E-state index in [1.165, 1.54) is 0 Å². The van der Waals surface area contributed by atoms with Gasteiger partial charge in [-0.05, 0) is 0 Å². The number of aliphatic hydroxyl groups is 1. The molecule has 5 nitrogen and oxygen atoms in total. The van der Waals surface area contributed by atoms with Crippen LogP contribution in [0.25, 0.3) is 0 Å². The second-order valence-electron chi connectivity index (χ2n) is 2.95. The van der Waals surface area contributed by atoms with Crippen molar-refractivity contribution in [1.29, 1.82) is 0 Å². The van der Waals surface area contributed by atoms with E-state index in [0.29, 0.717) is 46.2 Å². The average molecular weight is 234 g/mol. The number of rotatable bonds is 12. The van der Waals surface area contributed by atoms with Crippen LogP contribution in [0.3, 0.4) is 0 Å². The molecule has 0 saturated heterocycles. The minimum Gasteiger partial charge on any atom is -0.392 e. The predicted octanol–water partition coefficient (Wildman–Crippen LogP) is 0.231. The molecule has 0 unspecified atom stereocenters. The third kappa shape index (κ3) is 13.5.